The highest BCUT2D eigenvalue weighted by Gasteiger charge is 2.10. The molecule has 20 heavy (non-hydrogen) atoms. The average molecular weight is 277 g/mol. The van der Waals surface area contributed by atoms with E-state index < -0.39 is 11.6 Å². The number of nitrogens with two attached hydrogens (primary N) is 1. The largest absolute Gasteiger partial charge is 0.503 e. The van der Waals surface area contributed by atoms with E-state index in [1.165, 1.54) is 31.4 Å². The molecule has 2 rings (SSSR count). The van der Waals surface area contributed by atoms with Crippen molar-refractivity contribution in [1.29, 1.82) is 0 Å². The van der Waals surface area contributed by atoms with Gasteiger partial charge in [-0.05, 0) is 6.07 Å². The van der Waals surface area contributed by atoms with Gasteiger partial charge in [0.15, 0.2) is 11.6 Å². The van der Waals surface area contributed by atoms with Crippen LogP contribution in [0.15, 0.2) is 30.5 Å². The van der Waals surface area contributed by atoms with Crippen molar-refractivity contribution in [2.75, 3.05) is 12.8 Å². The zero-order valence-electron chi connectivity index (χ0n) is 10.6. The Morgan fingerprint density at radius 2 is 2.15 bits per heavy atom. The number of nitrogen functional groups attached to an aromatic ring is 1. The van der Waals surface area contributed by atoms with Crippen molar-refractivity contribution in [2.45, 2.75) is 0 Å². The van der Waals surface area contributed by atoms with Crippen LogP contribution in [0, 0.1) is 5.82 Å². The summed E-state index contributed by atoms with van der Waals surface area (Å²) >= 11 is 0. The quantitative estimate of drug-likeness (QED) is 0.585. The van der Waals surface area contributed by atoms with Crippen molar-refractivity contribution in [3.05, 3.63) is 42.0 Å². The Morgan fingerprint density at radius 1 is 1.40 bits per heavy atom. The zero-order valence-corrected chi connectivity index (χ0v) is 10.6. The fraction of sp³-hybridized carbons (Fsp3) is 0.0769. The van der Waals surface area contributed by atoms with E-state index in [0.29, 0.717) is 5.75 Å². The van der Waals surface area contributed by atoms with Gasteiger partial charge in [-0.3, -0.25) is 9.78 Å². The number of rotatable bonds is 3. The lowest BCUT2D eigenvalue weighted by atomic mass is 10.2. The van der Waals surface area contributed by atoms with Crippen LogP contribution in [-0.2, 0) is 0 Å². The summed E-state index contributed by atoms with van der Waals surface area (Å²) in [6.07, 6.45) is 1.39. The normalized spacial score (nSPS) is 10.1. The standard InChI is InChI=1S/C13H12FN3O3/c1-16-13(19)11-6-7(2-3-17-11)20-8-4-9(14)12(18)10(15)5-8/h2-6,18H,15H2,1H3,(H,16,19). The van der Waals surface area contributed by atoms with Crippen LogP contribution in [0.5, 0.6) is 17.2 Å². The van der Waals surface area contributed by atoms with Gasteiger partial charge in [-0.2, -0.15) is 0 Å². The Balaban J connectivity index is 2.28. The molecule has 0 saturated heterocycles. The Morgan fingerprint density at radius 3 is 2.80 bits per heavy atom. The SMILES string of the molecule is CNC(=O)c1cc(Oc2cc(N)c(O)c(F)c2)ccn1. The predicted octanol–water partition coefficient (Wildman–Crippen LogP) is 1.66. The van der Waals surface area contributed by atoms with Gasteiger partial charge in [0.05, 0.1) is 5.69 Å². The van der Waals surface area contributed by atoms with Crippen LogP contribution in [-0.4, -0.2) is 23.0 Å². The molecule has 0 unspecified atom stereocenters. The van der Waals surface area contributed by atoms with Crippen molar-refractivity contribution >= 4 is 11.6 Å². The number of nitrogens with one attached hydrogen (secondary N) is 1. The second kappa shape index (κ2) is 5.43. The van der Waals surface area contributed by atoms with E-state index in [4.69, 9.17) is 10.5 Å². The van der Waals surface area contributed by atoms with E-state index >= 15 is 0 Å². The van der Waals surface area contributed by atoms with Crippen LogP contribution in [0.1, 0.15) is 10.5 Å². The van der Waals surface area contributed by atoms with Crippen LogP contribution < -0.4 is 15.8 Å². The van der Waals surface area contributed by atoms with Crippen LogP contribution >= 0.6 is 0 Å². The highest BCUT2D eigenvalue weighted by atomic mass is 19.1. The first-order valence-electron chi connectivity index (χ1n) is 5.65. The molecule has 7 heteroatoms. The lowest BCUT2D eigenvalue weighted by molar-refractivity contribution is 0.0958. The van der Waals surface area contributed by atoms with Crippen molar-refractivity contribution in [1.82, 2.24) is 10.3 Å². The zero-order chi connectivity index (χ0) is 14.7. The minimum atomic E-state index is -0.888. The minimum absolute atomic E-state index is 0.104. The number of aromatic hydroxyl groups is 1. The van der Waals surface area contributed by atoms with E-state index in [-0.39, 0.29) is 23.0 Å². The summed E-state index contributed by atoms with van der Waals surface area (Å²) in [5, 5.41) is 11.7. The number of phenols is 1. The van der Waals surface area contributed by atoms with Gasteiger partial charge in [0, 0.05) is 31.4 Å². The van der Waals surface area contributed by atoms with Gasteiger partial charge in [0.2, 0.25) is 0 Å². The van der Waals surface area contributed by atoms with Gasteiger partial charge >= 0.3 is 0 Å². The molecule has 1 heterocycles. The van der Waals surface area contributed by atoms with Crippen molar-refractivity contribution < 1.29 is 19.0 Å². The molecule has 1 aromatic carbocycles. The monoisotopic (exact) mass is 277 g/mol. The van der Waals surface area contributed by atoms with E-state index in [1.807, 2.05) is 0 Å². The summed E-state index contributed by atoms with van der Waals surface area (Å²) in [6.45, 7) is 0. The summed E-state index contributed by atoms with van der Waals surface area (Å²) in [4.78, 5) is 15.3. The molecule has 1 amide bonds. The van der Waals surface area contributed by atoms with Gasteiger partial charge < -0.3 is 20.9 Å². The molecule has 0 spiro atoms. The minimum Gasteiger partial charge on any atom is -0.503 e. The Kier molecular flexibility index (Phi) is 3.69. The molecule has 6 nitrogen and oxygen atoms in total. The molecule has 2 aromatic rings. The van der Waals surface area contributed by atoms with Gasteiger partial charge in [-0.25, -0.2) is 4.39 Å². The number of amides is 1. The molecule has 0 saturated carbocycles. The Hall–Kier alpha value is -2.83. The highest BCUT2D eigenvalue weighted by molar-refractivity contribution is 5.92. The molecule has 0 aliphatic rings. The second-order valence-electron chi connectivity index (χ2n) is 3.90. The third-order valence-electron chi connectivity index (χ3n) is 2.49. The maximum absolute atomic E-state index is 13.3. The maximum Gasteiger partial charge on any atom is 0.269 e. The number of anilines is 1. The molecule has 104 valence electrons. The highest BCUT2D eigenvalue weighted by Crippen LogP contribution is 2.31. The smallest absolute Gasteiger partial charge is 0.269 e. The maximum atomic E-state index is 13.3. The Bertz CT molecular complexity index is 638. The molecule has 1 aromatic heterocycles. The summed E-state index contributed by atoms with van der Waals surface area (Å²) in [7, 11) is 1.48. The summed E-state index contributed by atoms with van der Waals surface area (Å²) in [5.41, 5.74) is 5.45. The van der Waals surface area contributed by atoms with Crippen molar-refractivity contribution in [2.24, 2.45) is 0 Å². The second-order valence-corrected chi connectivity index (χ2v) is 3.90. The number of hydrogen-bond acceptors (Lipinski definition) is 5. The van der Waals surface area contributed by atoms with E-state index in [2.05, 4.69) is 10.3 Å². The van der Waals surface area contributed by atoms with Gasteiger partial charge in [-0.15, -0.1) is 0 Å². The number of ether oxygens (including phenoxy) is 1. The first-order chi connectivity index (χ1) is 9.51. The van der Waals surface area contributed by atoms with Gasteiger partial charge in [0.1, 0.15) is 17.2 Å². The lowest BCUT2D eigenvalue weighted by Crippen LogP contribution is -2.18. The first-order valence-corrected chi connectivity index (χ1v) is 5.65. The summed E-state index contributed by atoms with van der Waals surface area (Å²) in [5.74, 6) is -1.49. The number of pyridine rings is 1. The molecule has 0 radical (unpaired) electrons. The first kappa shape index (κ1) is 13.6. The number of hydrogen-bond donors (Lipinski definition) is 3. The molecule has 0 atom stereocenters. The molecule has 4 N–H and O–H groups in total. The number of halogens is 1. The van der Waals surface area contributed by atoms with E-state index in [1.54, 1.807) is 0 Å². The van der Waals surface area contributed by atoms with Gasteiger partial charge in [-0.1, -0.05) is 0 Å². The summed E-state index contributed by atoms with van der Waals surface area (Å²) < 4.78 is 18.7. The molecule has 0 bridgehead atoms. The van der Waals surface area contributed by atoms with E-state index in [0.717, 1.165) is 6.07 Å². The molecular formula is C13H12FN3O3. The third kappa shape index (κ3) is 2.77. The fourth-order valence-electron chi connectivity index (χ4n) is 1.52. The molecule has 0 fully saturated rings. The van der Waals surface area contributed by atoms with E-state index in [9.17, 15) is 14.3 Å². The van der Waals surface area contributed by atoms with Crippen LogP contribution in [0.25, 0.3) is 0 Å². The number of nitrogens with zero attached hydrogens (tertiary/aromatic N) is 1. The molecule has 0 aliphatic carbocycles. The van der Waals surface area contributed by atoms with Crippen molar-refractivity contribution in [3.8, 4) is 17.2 Å². The average Bonchev–Trinajstić information content (AvgIpc) is 2.44. The number of carbonyl (C=O) groups is 1. The fourth-order valence-corrected chi connectivity index (χ4v) is 1.52. The van der Waals surface area contributed by atoms with Gasteiger partial charge in [0.25, 0.3) is 5.91 Å². The van der Waals surface area contributed by atoms with Crippen LogP contribution in [0.3, 0.4) is 0 Å². The Labute approximate surface area is 114 Å². The van der Waals surface area contributed by atoms with Crippen LogP contribution in [0.4, 0.5) is 10.1 Å². The summed E-state index contributed by atoms with van der Waals surface area (Å²) in [6, 6.07) is 5.18. The number of phenolic OH excluding ortho intramolecular Hbond substituents is 1. The predicted molar refractivity (Wildman–Crippen MR) is 70.2 cm³/mol. The van der Waals surface area contributed by atoms with Crippen molar-refractivity contribution in [3.63, 3.8) is 0 Å². The number of aromatic nitrogens is 1. The molecule has 0 aliphatic heterocycles. The topological polar surface area (TPSA) is 97.5 Å². The van der Waals surface area contributed by atoms with Crippen LogP contribution in [0.2, 0.25) is 0 Å². The molecular weight excluding hydrogens is 265 g/mol. The third-order valence-corrected chi connectivity index (χ3v) is 2.49. The number of carbonyl (C=O) groups excluding carboxylic acids is 1. The lowest BCUT2D eigenvalue weighted by Gasteiger charge is -2.08. The number of benzene rings is 1.